The molecule has 0 bridgehead atoms. The van der Waals surface area contributed by atoms with E-state index in [1.54, 1.807) is 54.9 Å². The molecule has 0 saturated heterocycles. The van der Waals surface area contributed by atoms with Gasteiger partial charge in [-0.15, -0.1) is 0 Å². The van der Waals surface area contributed by atoms with Crippen molar-refractivity contribution in [3.8, 4) is 5.69 Å². The number of nitrogens with one attached hydrogen (secondary N) is 1. The van der Waals surface area contributed by atoms with Crippen LogP contribution in [-0.2, 0) is 18.4 Å². The Hall–Kier alpha value is -3.58. The molecule has 2 heterocycles. The second kappa shape index (κ2) is 8.16. The van der Waals surface area contributed by atoms with Crippen molar-refractivity contribution in [3.63, 3.8) is 0 Å². The summed E-state index contributed by atoms with van der Waals surface area (Å²) in [5, 5.41) is 3.35. The summed E-state index contributed by atoms with van der Waals surface area (Å²) in [5.41, 5.74) is 3.35. The Morgan fingerprint density at radius 1 is 1.03 bits per heavy atom. The fourth-order valence-corrected chi connectivity index (χ4v) is 3.91. The summed E-state index contributed by atoms with van der Waals surface area (Å²) in [5.74, 6) is -0.394. The molecule has 1 N–H and O–H groups in total. The van der Waals surface area contributed by atoms with Crippen LogP contribution in [0.3, 0.4) is 0 Å². The molecule has 0 fully saturated rings. The van der Waals surface area contributed by atoms with Crippen LogP contribution in [0.2, 0.25) is 5.02 Å². The molecule has 0 unspecified atom stereocenters. The highest BCUT2D eigenvalue weighted by atomic mass is 35.5. The molecule has 2 aromatic heterocycles. The van der Waals surface area contributed by atoms with E-state index in [-0.39, 0.29) is 6.54 Å². The average Bonchev–Trinajstić information content (AvgIpc) is 3.05. The van der Waals surface area contributed by atoms with E-state index in [4.69, 9.17) is 11.6 Å². The van der Waals surface area contributed by atoms with Crippen molar-refractivity contribution in [3.05, 3.63) is 91.2 Å². The molecule has 0 aliphatic heterocycles. The minimum atomic E-state index is -0.574. The maximum Gasteiger partial charge on any atom is 0.336 e. The van der Waals surface area contributed by atoms with E-state index in [1.807, 2.05) is 26.0 Å². The minimum Gasteiger partial charge on any atom is -0.342 e. The fraction of sp³-hybridized carbons (Fsp3) is 0.208. The molecule has 0 aliphatic carbocycles. The molecule has 32 heavy (non-hydrogen) atoms. The molecular formula is C24H23ClN4O3. The number of carbonyl (C=O) groups excluding carboxylic acids is 1. The van der Waals surface area contributed by atoms with Crippen LogP contribution in [-0.4, -0.2) is 19.6 Å². The molecule has 164 valence electrons. The molecule has 0 aliphatic rings. The number of carbonyl (C=O) groups is 1. The highest BCUT2D eigenvalue weighted by Crippen LogP contribution is 2.23. The van der Waals surface area contributed by atoms with Gasteiger partial charge in [-0.2, -0.15) is 0 Å². The second-order valence-electron chi connectivity index (χ2n) is 7.88. The SMILES string of the molecule is Cc1ccc(-n2c(=O)c3c(cc(C)n3C)n(CC(=O)Nc3cccc(Cl)c3C)c2=O)cc1. The van der Waals surface area contributed by atoms with Gasteiger partial charge < -0.3 is 9.88 Å². The van der Waals surface area contributed by atoms with E-state index in [0.717, 1.165) is 21.4 Å². The van der Waals surface area contributed by atoms with Crippen molar-refractivity contribution < 1.29 is 4.79 Å². The molecule has 7 nitrogen and oxygen atoms in total. The summed E-state index contributed by atoms with van der Waals surface area (Å²) in [4.78, 5) is 39.6. The van der Waals surface area contributed by atoms with Crippen LogP contribution in [0.1, 0.15) is 16.8 Å². The Labute approximate surface area is 189 Å². The van der Waals surface area contributed by atoms with Crippen LogP contribution in [0, 0.1) is 20.8 Å². The lowest BCUT2D eigenvalue weighted by Crippen LogP contribution is -2.41. The topological polar surface area (TPSA) is 78.0 Å². The zero-order valence-corrected chi connectivity index (χ0v) is 19.0. The smallest absolute Gasteiger partial charge is 0.336 e. The molecule has 0 saturated carbocycles. The lowest BCUT2D eigenvalue weighted by atomic mass is 10.2. The van der Waals surface area contributed by atoms with Gasteiger partial charge in [0, 0.05) is 23.5 Å². The summed E-state index contributed by atoms with van der Waals surface area (Å²) < 4.78 is 4.18. The summed E-state index contributed by atoms with van der Waals surface area (Å²) in [7, 11) is 1.77. The molecule has 1 amide bonds. The van der Waals surface area contributed by atoms with Crippen molar-refractivity contribution in [2.24, 2.45) is 7.05 Å². The van der Waals surface area contributed by atoms with E-state index >= 15 is 0 Å². The number of anilines is 1. The predicted octanol–water partition coefficient (Wildman–Crippen LogP) is 3.71. The summed E-state index contributed by atoms with van der Waals surface area (Å²) in [6, 6.07) is 14.1. The van der Waals surface area contributed by atoms with E-state index in [2.05, 4.69) is 5.32 Å². The van der Waals surface area contributed by atoms with Crippen molar-refractivity contribution in [1.29, 1.82) is 0 Å². The van der Waals surface area contributed by atoms with Gasteiger partial charge in [0.05, 0.1) is 11.2 Å². The third-order valence-electron chi connectivity index (χ3n) is 5.71. The number of rotatable bonds is 4. The number of aromatic nitrogens is 3. The first-order valence-electron chi connectivity index (χ1n) is 10.1. The van der Waals surface area contributed by atoms with Crippen molar-refractivity contribution >= 4 is 34.2 Å². The number of amides is 1. The molecular weight excluding hydrogens is 428 g/mol. The van der Waals surface area contributed by atoms with Crippen LogP contribution in [0.15, 0.2) is 58.1 Å². The molecule has 0 atom stereocenters. The number of nitrogens with zero attached hydrogens (tertiary/aromatic N) is 3. The Kier molecular flexibility index (Phi) is 5.52. The van der Waals surface area contributed by atoms with Gasteiger partial charge >= 0.3 is 5.69 Å². The molecule has 8 heteroatoms. The average molecular weight is 451 g/mol. The first-order chi connectivity index (χ1) is 15.2. The molecule has 2 aromatic carbocycles. The lowest BCUT2D eigenvalue weighted by molar-refractivity contribution is -0.116. The van der Waals surface area contributed by atoms with Crippen molar-refractivity contribution in [2.45, 2.75) is 27.3 Å². The lowest BCUT2D eigenvalue weighted by Gasteiger charge is -2.14. The summed E-state index contributed by atoms with van der Waals surface area (Å²) in [6.45, 7) is 5.33. The van der Waals surface area contributed by atoms with Gasteiger partial charge in [0.15, 0.2) is 0 Å². The van der Waals surface area contributed by atoms with Gasteiger partial charge in [0.1, 0.15) is 12.1 Å². The van der Waals surface area contributed by atoms with E-state index in [1.165, 1.54) is 4.57 Å². The van der Waals surface area contributed by atoms with Gasteiger partial charge in [-0.05, 0) is 56.7 Å². The van der Waals surface area contributed by atoms with Crippen molar-refractivity contribution in [2.75, 3.05) is 5.32 Å². The quantitative estimate of drug-likeness (QED) is 0.515. The highest BCUT2D eigenvalue weighted by Gasteiger charge is 2.20. The molecule has 0 radical (unpaired) electrons. The van der Waals surface area contributed by atoms with E-state index in [9.17, 15) is 14.4 Å². The number of benzene rings is 2. The first-order valence-corrected chi connectivity index (χ1v) is 10.5. The maximum absolute atomic E-state index is 13.4. The Balaban J connectivity index is 1.87. The van der Waals surface area contributed by atoms with Crippen LogP contribution in [0.4, 0.5) is 5.69 Å². The number of aryl methyl sites for hydroxylation is 3. The van der Waals surface area contributed by atoms with Crippen molar-refractivity contribution in [1.82, 2.24) is 13.7 Å². The predicted molar refractivity (Wildman–Crippen MR) is 127 cm³/mol. The van der Waals surface area contributed by atoms with Gasteiger partial charge in [-0.1, -0.05) is 35.4 Å². The van der Waals surface area contributed by atoms with Crippen LogP contribution in [0.25, 0.3) is 16.7 Å². The number of hydrogen-bond donors (Lipinski definition) is 1. The number of halogens is 1. The first kappa shape index (κ1) is 21.6. The molecule has 4 aromatic rings. The van der Waals surface area contributed by atoms with Gasteiger partial charge in [-0.25, -0.2) is 9.36 Å². The summed E-state index contributed by atoms with van der Waals surface area (Å²) in [6.07, 6.45) is 0. The third-order valence-corrected chi connectivity index (χ3v) is 6.12. The Morgan fingerprint density at radius 2 is 1.72 bits per heavy atom. The monoisotopic (exact) mass is 450 g/mol. The Morgan fingerprint density at radius 3 is 2.41 bits per heavy atom. The molecule has 4 rings (SSSR count). The number of fused-ring (bicyclic) bond motifs is 1. The third kappa shape index (κ3) is 3.65. The van der Waals surface area contributed by atoms with Crippen LogP contribution >= 0.6 is 11.6 Å². The Bertz CT molecular complexity index is 1480. The standard InChI is InChI=1S/C24H23ClN4O3/c1-14-8-10-17(11-9-14)29-23(31)22-20(12-15(2)27(22)4)28(24(29)32)13-21(30)26-19-7-5-6-18(25)16(19)3/h5-12H,13H2,1-4H3,(H,26,30). The van der Waals surface area contributed by atoms with E-state index < -0.39 is 17.2 Å². The fourth-order valence-electron chi connectivity index (χ4n) is 3.74. The second-order valence-corrected chi connectivity index (χ2v) is 8.29. The largest absolute Gasteiger partial charge is 0.342 e. The van der Waals surface area contributed by atoms with E-state index in [0.29, 0.717) is 27.4 Å². The van der Waals surface area contributed by atoms with Gasteiger partial charge in [0.25, 0.3) is 5.56 Å². The number of hydrogen-bond acceptors (Lipinski definition) is 3. The highest BCUT2D eigenvalue weighted by molar-refractivity contribution is 6.31. The summed E-state index contributed by atoms with van der Waals surface area (Å²) >= 11 is 6.15. The van der Waals surface area contributed by atoms with Gasteiger partial charge in [-0.3, -0.25) is 14.2 Å². The zero-order chi connectivity index (χ0) is 23.2. The maximum atomic E-state index is 13.4. The minimum absolute atomic E-state index is 0.253. The molecule has 0 spiro atoms. The normalized spacial score (nSPS) is 11.2. The van der Waals surface area contributed by atoms with Gasteiger partial charge in [0.2, 0.25) is 5.91 Å². The zero-order valence-electron chi connectivity index (χ0n) is 18.3. The van der Waals surface area contributed by atoms with Crippen LogP contribution in [0.5, 0.6) is 0 Å². The van der Waals surface area contributed by atoms with Crippen LogP contribution < -0.4 is 16.6 Å².